The molecule has 0 spiro atoms. The summed E-state index contributed by atoms with van der Waals surface area (Å²) in [5, 5.41) is 8.19. The Hall–Kier alpha value is -0.960. The van der Waals surface area contributed by atoms with E-state index >= 15 is 0 Å². The highest BCUT2D eigenvalue weighted by atomic mass is 32.2. The highest BCUT2D eigenvalue weighted by Gasteiger charge is 2.03. The summed E-state index contributed by atoms with van der Waals surface area (Å²) in [6.45, 7) is 5.49. The molecular weight excluding hydrogens is 274 g/mol. The van der Waals surface area contributed by atoms with Crippen LogP contribution in [0.1, 0.15) is 13.3 Å². The van der Waals surface area contributed by atoms with Crippen LogP contribution in [0.25, 0.3) is 0 Å². The average molecular weight is 297 g/mol. The third-order valence-electron chi connectivity index (χ3n) is 1.68. The summed E-state index contributed by atoms with van der Waals surface area (Å²) in [6.07, 6.45) is 0.478. The molecule has 0 aromatic rings. The number of hydrogen-bond donors (Lipinski definition) is 2. The molecule has 0 atom stereocenters. The van der Waals surface area contributed by atoms with Crippen molar-refractivity contribution in [3.8, 4) is 0 Å². The van der Waals surface area contributed by atoms with Gasteiger partial charge in [-0.05, 0) is 34.0 Å². The number of nitrogens with zero attached hydrogens (tertiary/aromatic N) is 1. The van der Waals surface area contributed by atoms with Crippen molar-refractivity contribution in [1.29, 1.82) is 0 Å². The van der Waals surface area contributed by atoms with E-state index in [9.17, 15) is 13.2 Å². The van der Waals surface area contributed by atoms with Crippen LogP contribution in [0.2, 0.25) is 0 Å². The van der Waals surface area contributed by atoms with Gasteiger partial charge in [0.1, 0.15) is 6.61 Å². The number of aliphatic hydroxyl groups is 1. The van der Waals surface area contributed by atoms with E-state index in [-0.39, 0.29) is 19.0 Å². The third kappa shape index (κ3) is 19.6. The zero-order chi connectivity index (χ0) is 15.5. The summed E-state index contributed by atoms with van der Waals surface area (Å²) >= 11 is 0. The van der Waals surface area contributed by atoms with Crippen LogP contribution < -0.4 is 0 Å². The smallest absolute Gasteiger partial charge is 0.333 e. The van der Waals surface area contributed by atoms with E-state index in [2.05, 4.69) is 11.3 Å². The van der Waals surface area contributed by atoms with E-state index in [1.54, 1.807) is 6.92 Å². The fraction of sp³-hybridized carbons (Fsp3) is 0.727. The van der Waals surface area contributed by atoms with Gasteiger partial charge in [-0.25, -0.2) is 4.79 Å². The maximum Gasteiger partial charge on any atom is 0.333 e. The SMILES string of the molecule is C=C(C)C(=O)OCCO.CN(C)CCCS(=O)(=O)O. The first kappa shape index (κ1) is 20.4. The number of rotatable bonds is 7. The lowest BCUT2D eigenvalue weighted by molar-refractivity contribution is -0.139. The Morgan fingerprint density at radius 2 is 1.89 bits per heavy atom. The monoisotopic (exact) mass is 297 g/mol. The fourth-order valence-corrected chi connectivity index (χ4v) is 1.32. The van der Waals surface area contributed by atoms with E-state index in [1.165, 1.54) is 0 Å². The minimum atomic E-state index is -3.75. The lowest BCUT2D eigenvalue weighted by Crippen LogP contribution is -2.16. The van der Waals surface area contributed by atoms with Gasteiger partial charge in [-0.2, -0.15) is 8.42 Å². The summed E-state index contributed by atoms with van der Waals surface area (Å²) in [5.41, 5.74) is 0.350. The first-order chi connectivity index (χ1) is 8.60. The van der Waals surface area contributed by atoms with Crippen molar-refractivity contribution >= 4 is 16.1 Å². The van der Waals surface area contributed by atoms with Crippen LogP contribution in [0.4, 0.5) is 0 Å². The Kier molecular flexibility index (Phi) is 11.7. The molecule has 0 unspecified atom stereocenters. The first-order valence-corrected chi connectivity index (χ1v) is 7.24. The molecular formula is C11H23NO6S. The normalized spacial score (nSPS) is 10.6. The van der Waals surface area contributed by atoms with Crippen LogP contribution in [-0.2, 0) is 19.6 Å². The van der Waals surface area contributed by atoms with Crippen molar-refractivity contribution in [2.75, 3.05) is 39.6 Å². The van der Waals surface area contributed by atoms with Gasteiger partial charge >= 0.3 is 5.97 Å². The van der Waals surface area contributed by atoms with Gasteiger partial charge in [0.25, 0.3) is 10.1 Å². The van der Waals surface area contributed by atoms with Crippen LogP contribution in [-0.4, -0.2) is 68.6 Å². The summed E-state index contributed by atoms with van der Waals surface area (Å²) in [5.74, 6) is -0.602. The molecule has 8 heteroatoms. The highest BCUT2D eigenvalue weighted by Crippen LogP contribution is 1.90. The van der Waals surface area contributed by atoms with Gasteiger partial charge in [0, 0.05) is 5.57 Å². The molecule has 0 rings (SSSR count). The van der Waals surface area contributed by atoms with Crippen LogP contribution in [0.5, 0.6) is 0 Å². The number of esters is 1. The molecule has 0 saturated carbocycles. The zero-order valence-electron chi connectivity index (χ0n) is 11.6. The minimum Gasteiger partial charge on any atom is -0.460 e. The second kappa shape index (κ2) is 10.9. The Morgan fingerprint density at radius 1 is 1.37 bits per heavy atom. The zero-order valence-corrected chi connectivity index (χ0v) is 12.4. The van der Waals surface area contributed by atoms with Gasteiger partial charge in [0.05, 0.1) is 12.4 Å². The average Bonchev–Trinajstić information content (AvgIpc) is 2.24. The van der Waals surface area contributed by atoms with E-state index in [1.807, 2.05) is 19.0 Å². The molecule has 0 amide bonds. The second-order valence-corrected chi connectivity index (χ2v) is 5.65. The summed E-state index contributed by atoms with van der Waals surface area (Å²) in [7, 11) is -0.0441. The third-order valence-corrected chi connectivity index (χ3v) is 2.49. The molecule has 0 radical (unpaired) electrons. The summed E-state index contributed by atoms with van der Waals surface area (Å²) < 4.78 is 33.0. The number of carbonyl (C=O) groups excluding carboxylic acids is 1. The minimum absolute atomic E-state index is 0.0473. The van der Waals surface area contributed by atoms with E-state index in [4.69, 9.17) is 9.66 Å². The number of ether oxygens (including phenoxy) is 1. The van der Waals surface area contributed by atoms with Crippen LogP contribution in [0.15, 0.2) is 12.2 Å². The number of carbonyl (C=O) groups is 1. The molecule has 19 heavy (non-hydrogen) atoms. The molecule has 0 aromatic carbocycles. The Balaban J connectivity index is 0. The van der Waals surface area contributed by atoms with Crippen LogP contribution >= 0.6 is 0 Å². The molecule has 0 heterocycles. The van der Waals surface area contributed by atoms with Gasteiger partial charge in [0.2, 0.25) is 0 Å². The van der Waals surface area contributed by atoms with Gasteiger partial charge in [-0.3, -0.25) is 4.55 Å². The van der Waals surface area contributed by atoms with Crippen molar-refractivity contribution in [1.82, 2.24) is 4.90 Å². The predicted molar refractivity (Wildman–Crippen MR) is 72.4 cm³/mol. The molecule has 0 aromatic heterocycles. The standard InChI is InChI=1S/C6H10O3.C5H13NO3S/c1-5(2)6(8)9-4-3-7;1-6(2)4-3-5-10(7,8)9/h7H,1,3-4H2,2H3;3-5H2,1-2H3,(H,7,8,9). The molecule has 114 valence electrons. The Morgan fingerprint density at radius 3 is 2.21 bits per heavy atom. The molecule has 2 N–H and O–H groups in total. The molecule has 0 saturated heterocycles. The predicted octanol–water partition coefficient (Wildman–Crippen LogP) is -0.0761. The lowest BCUT2D eigenvalue weighted by Gasteiger charge is -2.06. The van der Waals surface area contributed by atoms with E-state index in [0.717, 1.165) is 0 Å². The molecule has 0 aliphatic heterocycles. The topological polar surface area (TPSA) is 104 Å². The second-order valence-electron chi connectivity index (χ2n) is 4.08. The maximum absolute atomic E-state index is 10.5. The van der Waals surface area contributed by atoms with Crippen LogP contribution in [0, 0.1) is 0 Å². The van der Waals surface area contributed by atoms with Crippen molar-refractivity contribution < 1.29 is 27.6 Å². The van der Waals surface area contributed by atoms with Crippen molar-refractivity contribution in [3.05, 3.63) is 12.2 Å². The van der Waals surface area contributed by atoms with E-state index < -0.39 is 16.1 Å². The van der Waals surface area contributed by atoms with Gasteiger partial charge in [0.15, 0.2) is 0 Å². The molecule has 0 bridgehead atoms. The largest absolute Gasteiger partial charge is 0.460 e. The quantitative estimate of drug-likeness (QED) is 0.385. The lowest BCUT2D eigenvalue weighted by atomic mass is 10.4. The Labute approximate surface area is 114 Å². The van der Waals surface area contributed by atoms with E-state index in [0.29, 0.717) is 18.5 Å². The molecule has 7 nitrogen and oxygen atoms in total. The van der Waals surface area contributed by atoms with Crippen molar-refractivity contribution in [3.63, 3.8) is 0 Å². The van der Waals surface area contributed by atoms with Crippen molar-refractivity contribution in [2.45, 2.75) is 13.3 Å². The highest BCUT2D eigenvalue weighted by molar-refractivity contribution is 7.85. The summed E-state index contributed by atoms with van der Waals surface area (Å²) in [4.78, 5) is 12.3. The number of aliphatic hydroxyl groups excluding tert-OH is 1. The molecule has 0 fully saturated rings. The Bertz CT molecular complexity index is 363. The molecule has 0 aliphatic carbocycles. The molecule has 0 aliphatic rings. The summed E-state index contributed by atoms with van der Waals surface area (Å²) in [6, 6.07) is 0. The van der Waals surface area contributed by atoms with Gasteiger partial charge in [-0.1, -0.05) is 6.58 Å². The fourth-order valence-electron chi connectivity index (χ4n) is 0.825. The van der Waals surface area contributed by atoms with Gasteiger partial charge < -0.3 is 14.7 Å². The first-order valence-electron chi connectivity index (χ1n) is 5.63. The van der Waals surface area contributed by atoms with Gasteiger partial charge in [-0.15, -0.1) is 0 Å². The van der Waals surface area contributed by atoms with Crippen LogP contribution in [0.3, 0.4) is 0 Å². The number of hydrogen-bond acceptors (Lipinski definition) is 6. The van der Waals surface area contributed by atoms with Crippen molar-refractivity contribution in [2.24, 2.45) is 0 Å². The maximum atomic E-state index is 10.5.